The first-order valence-corrected chi connectivity index (χ1v) is 11.7. The van der Waals surface area contributed by atoms with Gasteiger partial charge in [0.05, 0.1) is 12.1 Å². The molecule has 2 aromatic heterocycles. The van der Waals surface area contributed by atoms with Gasteiger partial charge in [0.15, 0.2) is 5.78 Å². The highest BCUT2D eigenvalue weighted by molar-refractivity contribution is 7.15. The number of alkyl halides is 3. The molecular formula is C23H21F4N5O3S. The molecule has 1 N–H and O–H groups in total. The first-order chi connectivity index (χ1) is 17.2. The zero-order chi connectivity index (χ0) is 25.7. The Bertz CT molecular complexity index is 1240. The van der Waals surface area contributed by atoms with Crippen LogP contribution >= 0.6 is 11.3 Å². The number of ether oxygens (including phenoxy) is 2. The van der Waals surface area contributed by atoms with Crippen molar-refractivity contribution in [2.75, 3.05) is 12.4 Å². The minimum absolute atomic E-state index is 0.124. The van der Waals surface area contributed by atoms with E-state index < -0.39 is 29.8 Å². The van der Waals surface area contributed by atoms with Gasteiger partial charge in [0, 0.05) is 24.9 Å². The van der Waals surface area contributed by atoms with Gasteiger partial charge in [0.1, 0.15) is 22.7 Å². The largest absolute Gasteiger partial charge is 0.573 e. The summed E-state index contributed by atoms with van der Waals surface area (Å²) in [5.41, 5.74) is 1.62. The fraction of sp³-hybridized carbons (Fsp3) is 0.348. The molecule has 1 aliphatic rings. The van der Waals surface area contributed by atoms with Crippen molar-refractivity contribution in [2.45, 2.75) is 44.2 Å². The molecule has 36 heavy (non-hydrogen) atoms. The molecule has 4 rings (SSSR count). The van der Waals surface area contributed by atoms with Crippen molar-refractivity contribution in [1.82, 2.24) is 20.4 Å². The number of carbonyl (C=O) groups excluding carboxylic acids is 1. The SMILES string of the molecule is CO[C@H](C(=O)Cc1nnc(N[C@@H]2CC=C(c3cccnn3)CC2)s1)c1cc(OC(F)(F)F)ccc1F. The molecule has 190 valence electrons. The van der Waals surface area contributed by atoms with Gasteiger partial charge in [-0.25, -0.2) is 4.39 Å². The van der Waals surface area contributed by atoms with E-state index in [1.54, 1.807) is 6.20 Å². The Balaban J connectivity index is 1.38. The number of nitrogens with zero attached hydrogens (tertiary/aromatic N) is 4. The summed E-state index contributed by atoms with van der Waals surface area (Å²) in [6.07, 6.45) is -0.487. The van der Waals surface area contributed by atoms with Crippen LogP contribution in [0.3, 0.4) is 0 Å². The Labute approximate surface area is 207 Å². The van der Waals surface area contributed by atoms with Crippen molar-refractivity contribution >= 4 is 27.8 Å². The number of methoxy groups -OCH3 is 1. The van der Waals surface area contributed by atoms with Crippen molar-refractivity contribution in [3.63, 3.8) is 0 Å². The Morgan fingerprint density at radius 1 is 1.25 bits per heavy atom. The number of allylic oxidation sites excluding steroid dienone is 1. The van der Waals surface area contributed by atoms with Gasteiger partial charge < -0.3 is 14.8 Å². The Morgan fingerprint density at radius 3 is 2.75 bits per heavy atom. The highest BCUT2D eigenvalue weighted by atomic mass is 32.1. The van der Waals surface area contributed by atoms with Crippen LogP contribution in [-0.4, -0.2) is 45.7 Å². The van der Waals surface area contributed by atoms with Crippen LogP contribution in [0, 0.1) is 5.82 Å². The van der Waals surface area contributed by atoms with Crippen LogP contribution in [0.25, 0.3) is 5.57 Å². The fourth-order valence-electron chi connectivity index (χ4n) is 3.82. The number of halogens is 4. The summed E-state index contributed by atoms with van der Waals surface area (Å²) in [5.74, 6) is -2.13. The quantitative estimate of drug-likeness (QED) is 0.395. The molecule has 2 atom stereocenters. The van der Waals surface area contributed by atoms with Gasteiger partial charge in [-0.15, -0.1) is 23.4 Å². The zero-order valence-corrected chi connectivity index (χ0v) is 19.8. The number of ketones is 1. The van der Waals surface area contributed by atoms with Crippen LogP contribution in [0.1, 0.15) is 41.6 Å². The predicted molar refractivity (Wildman–Crippen MR) is 123 cm³/mol. The van der Waals surface area contributed by atoms with Crippen LogP contribution in [-0.2, 0) is 16.0 Å². The average Bonchev–Trinajstić information content (AvgIpc) is 3.28. The number of aromatic nitrogens is 4. The highest BCUT2D eigenvalue weighted by Crippen LogP contribution is 2.31. The second-order valence-corrected chi connectivity index (χ2v) is 9.01. The van der Waals surface area contributed by atoms with Gasteiger partial charge in [-0.2, -0.15) is 10.2 Å². The van der Waals surface area contributed by atoms with Crippen molar-refractivity contribution < 1.29 is 31.8 Å². The van der Waals surface area contributed by atoms with Crippen LogP contribution in [0.5, 0.6) is 5.75 Å². The van der Waals surface area contributed by atoms with E-state index in [1.807, 2.05) is 12.1 Å². The van der Waals surface area contributed by atoms with E-state index in [-0.39, 0.29) is 18.0 Å². The number of nitrogens with one attached hydrogen (secondary N) is 1. The summed E-state index contributed by atoms with van der Waals surface area (Å²) >= 11 is 1.17. The van der Waals surface area contributed by atoms with E-state index >= 15 is 0 Å². The maximum atomic E-state index is 14.3. The number of anilines is 1. The molecule has 0 amide bonds. The lowest BCUT2D eigenvalue weighted by molar-refractivity contribution is -0.274. The second-order valence-electron chi connectivity index (χ2n) is 7.94. The Hall–Kier alpha value is -3.45. The van der Waals surface area contributed by atoms with Gasteiger partial charge in [0.2, 0.25) is 5.13 Å². The maximum absolute atomic E-state index is 14.3. The molecule has 1 aliphatic carbocycles. The molecular weight excluding hydrogens is 502 g/mol. The monoisotopic (exact) mass is 523 g/mol. The molecule has 0 spiro atoms. The second kappa shape index (κ2) is 11.1. The number of rotatable bonds is 9. The van der Waals surface area contributed by atoms with Gasteiger partial charge >= 0.3 is 6.36 Å². The zero-order valence-electron chi connectivity index (χ0n) is 19.0. The van der Waals surface area contributed by atoms with E-state index in [9.17, 15) is 22.4 Å². The van der Waals surface area contributed by atoms with E-state index in [0.29, 0.717) is 10.1 Å². The Kier molecular flexibility index (Phi) is 7.89. The molecule has 0 saturated carbocycles. The van der Waals surface area contributed by atoms with Crippen molar-refractivity contribution in [3.8, 4) is 5.75 Å². The average molecular weight is 524 g/mol. The molecule has 0 saturated heterocycles. The van der Waals surface area contributed by atoms with Gasteiger partial charge in [-0.05, 0) is 55.2 Å². The van der Waals surface area contributed by atoms with Gasteiger partial charge in [-0.3, -0.25) is 4.79 Å². The highest BCUT2D eigenvalue weighted by Gasteiger charge is 2.32. The predicted octanol–water partition coefficient (Wildman–Crippen LogP) is 4.91. The summed E-state index contributed by atoms with van der Waals surface area (Å²) in [4.78, 5) is 12.8. The van der Waals surface area contributed by atoms with E-state index in [1.165, 1.54) is 11.3 Å². The molecule has 0 unspecified atom stereocenters. The van der Waals surface area contributed by atoms with Crippen molar-refractivity contribution in [3.05, 3.63) is 64.7 Å². The molecule has 0 bridgehead atoms. The van der Waals surface area contributed by atoms with Crippen molar-refractivity contribution in [2.24, 2.45) is 0 Å². The molecule has 0 radical (unpaired) electrons. The van der Waals surface area contributed by atoms with Crippen molar-refractivity contribution in [1.29, 1.82) is 0 Å². The summed E-state index contributed by atoms with van der Waals surface area (Å²) in [6, 6.07) is 6.29. The number of benzene rings is 1. The smallest absolute Gasteiger partial charge is 0.406 e. The summed E-state index contributed by atoms with van der Waals surface area (Å²) in [7, 11) is 1.16. The van der Waals surface area contributed by atoms with Crippen LogP contribution in [0.2, 0.25) is 0 Å². The molecule has 3 aromatic rings. The standard InChI is InChI=1S/C23H21F4N5O3S/c1-34-21(16-11-15(8-9-17(16)24)35-23(25,26)27)19(33)12-20-31-32-22(36-20)29-14-6-4-13(5-7-14)18-3-2-10-28-30-18/h2-4,8-11,14,21H,5-7,12H2,1H3,(H,29,32)/t14-,21+/m1/s1. The van der Waals surface area contributed by atoms with Crippen LogP contribution < -0.4 is 10.1 Å². The first-order valence-electron chi connectivity index (χ1n) is 10.9. The minimum Gasteiger partial charge on any atom is -0.406 e. The number of hydrogen-bond donors (Lipinski definition) is 1. The topological polar surface area (TPSA) is 99.1 Å². The van der Waals surface area contributed by atoms with E-state index in [4.69, 9.17) is 4.74 Å². The molecule has 8 nitrogen and oxygen atoms in total. The van der Waals surface area contributed by atoms with Crippen LogP contribution in [0.15, 0.2) is 42.6 Å². The number of hydrogen-bond acceptors (Lipinski definition) is 9. The fourth-order valence-corrected chi connectivity index (χ4v) is 4.65. The van der Waals surface area contributed by atoms with E-state index in [0.717, 1.165) is 55.8 Å². The lowest BCUT2D eigenvalue weighted by atomic mass is 9.93. The minimum atomic E-state index is -4.96. The third kappa shape index (κ3) is 6.61. The summed E-state index contributed by atoms with van der Waals surface area (Å²) in [5, 5.41) is 20.3. The molecule has 0 aliphatic heterocycles. The van der Waals surface area contributed by atoms with E-state index in [2.05, 4.69) is 36.5 Å². The molecule has 2 heterocycles. The first kappa shape index (κ1) is 25.6. The summed E-state index contributed by atoms with van der Waals surface area (Å²) in [6.45, 7) is 0. The third-order valence-corrected chi connectivity index (χ3v) is 6.30. The number of carbonyl (C=O) groups is 1. The lowest BCUT2D eigenvalue weighted by Crippen LogP contribution is -2.21. The molecule has 0 fully saturated rings. The molecule has 1 aromatic carbocycles. The summed E-state index contributed by atoms with van der Waals surface area (Å²) < 4.78 is 60.8. The third-order valence-electron chi connectivity index (χ3n) is 5.44. The lowest BCUT2D eigenvalue weighted by Gasteiger charge is -2.22. The number of Topliss-reactive ketones (excluding diaryl/α,β-unsaturated/α-hetero) is 1. The van der Waals surface area contributed by atoms with Gasteiger partial charge in [0.25, 0.3) is 0 Å². The molecule has 13 heteroatoms. The Morgan fingerprint density at radius 2 is 2.08 bits per heavy atom. The van der Waals surface area contributed by atoms with Crippen LogP contribution in [0.4, 0.5) is 22.7 Å². The van der Waals surface area contributed by atoms with Gasteiger partial charge in [-0.1, -0.05) is 17.4 Å². The normalized spacial score (nSPS) is 16.8. The maximum Gasteiger partial charge on any atom is 0.573 e.